The molecule has 0 amide bonds. The van der Waals surface area contributed by atoms with Crippen molar-refractivity contribution in [1.82, 2.24) is 0 Å². The van der Waals surface area contributed by atoms with Crippen molar-refractivity contribution >= 4 is 46.4 Å². The normalized spacial score (nSPS) is 13.9. The number of phenols is 1. The van der Waals surface area contributed by atoms with E-state index >= 15 is 0 Å². The maximum absolute atomic E-state index is 10.9. The molecule has 2 N–H and O–H groups in total. The van der Waals surface area contributed by atoms with Crippen LogP contribution < -0.4 is 0 Å². The zero-order valence-electron chi connectivity index (χ0n) is 16.6. The van der Waals surface area contributed by atoms with Crippen molar-refractivity contribution in [2.75, 3.05) is 0 Å². The Morgan fingerprint density at radius 3 is 2.35 bits per heavy atom. The second kappa shape index (κ2) is 9.01. The summed E-state index contributed by atoms with van der Waals surface area (Å²) < 4.78 is 0. The molecule has 0 heterocycles. The minimum absolute atomic E-state index is 0.207. The van der Waals surface area contributed by atoms with E-state index in [1.165, 1.54) is 0 Å². The van der Waals surface area contributed by atoms with Crippen LogP contribution in [0.1, 0.15) is 40.7 Å². The number of benzene rings is 3. The summed E-state index contributed by atoms with van der Waals surface area (Å²) in [4.78, 5) is 10.9. The Balaban J connectivity index is 1.95. The highest BCUT2D eigenvalue weighted by molar-refractivity contribution is 6.36. The van der Waals surface area contributed by atoms with E-state index in [-0.39, 0.29) is 5.75 Å². The quantitative estimate of drug-likeness (QED) is 0.417. The van der Waals surface area contributed by atoms with E-state index in [1.54, 1.807) is 24.3 Å². The lowest BCUT2D eigenvalue weighted by Gasteiger charge is -2.18. The molecular formula is C26H20Cl2O3. The summed E-state index contributed by atoms with van der Waals surface area (Å²) in [6.07, 6.45) is 5.37. The molecule has 0 atom stereocenters. The van der Waals surface area contributed by atoms with Gasteiger partial charge < -0.3 is 10.2 Å². The molecule has 3 nitrogen and oxygen atoms in total. The highest BCUT2D eigenvalue weighted by Gasteiger charge is 2.21. The van der Waals surface area contributed by atoms with Gasteiger partial charge in [0.05, 0.1) is 0 Å². The van der Waals surface area contributed by atoms with Crippen LogP contribution in [0.4, 0.5) is 0 Å². The molecule has 0 saturated carbocycles. The third-order valence-corrected chi connectivity index (χ3v) is 5.95. The molecule has 0 fully saturated rings. The van der Waals surface area contributed by atoms with Gasteiger partial charge >= 0.3 is 5.97 Å². The van der Waals surface area contributed by atoms with Crippen LogP contribution in [0, 0.1) is 0 Å². The fraction of sp³-hybridized carbons (Fsp3) is 0.115. The van der Waals surface area contributed by atoms with Gasteiger partial charge in [-0.15, -0.1) is 0 Å². The van der Waals surface area contributed by atoms with Crippen molar-refractivity contribution in [3.63, 3.8) is 0 Å². The van der Waals surface area contributed by atoms with Gasteiger partial charge in [-0.2, -0.15) is 0 Å². The minimum Gasteiger partial charge on any atom is -0.508 e. The molecule has 0 aromatic heterocycles. The molecule has 156 valence electrons. The fourth-order valence-electron chi connectivity index (χ4n) is 4.04. The lowest BCUT2D eigenvalue weighted by atomic mass is 9.87. The number of aryl methyl sites for hydroxylation is 1. The first kappa shape index (κ1) is 21.2. The number of carboxylic acids is 1. The Morgan fingerprint density at radius 2 is 1.65 bits per heavy atom. The molecule has 0 spiro atoms. The lowest BCUT2D eigenvalue weighted by molar-refractivity contribution is -0.131. The lowest BCUT2D eigenvalue weighted by Crippen LogP contribution is -1.97. The zero-order valence-corrected chi connectivity index (χ0v) is 18.1. The molecule has 0 unspecified atom stereocenters. The third-order valence-electron chi connectivity index (χ3n) is 5.40. The van der Waals surface area contributed by atoms with Gasteiger partial charge in [-0.05, 0) is 88.6 Å². The zero-order chi connectivity index (χ0) is 22.0. The second-order valence-corrected chi connectivity index (χ2v) is 8.31. The summed E-state index contributed by atoms with van der Waals surface area (Å²) in [6.45, 7) is 0. The fourth-order valence-corrected chi connectivity index (χ4v) is 4.56. The Labute approximate surface area is 190 Å². The topological polar surface area (TPSA) is 57.5 Å². The number of carboxylic acid groups (broad SMARTS) is 1. The van der Waals surface area contributed by atoms with E-state index in [9.17, 15) is 9.90 Å². The van der Waals surface area contributed by atoms with Gasteiger partial charge in [0.25, 0.3) is 0 Å². The highest BCUT2D eigenvalue weighted by atomic mass is 35.5. The number of hydrogen-bond donors (Lipinski definition) is 2. The van der Waals surface area contributed by atoms with Crippen LogP contribution in [0.3, 0.4) is 0 Å². The van der Waals surface area contributed by atoms with Crippen LogP contribution in [0.5, 0.6) is 5.75 Å². The molecular weight excluding hydrogens is 431 g/mol. The van der Waals surface area contributed by atoms with Gasteiger partial charge in [0.15, 0.2) is 0 Å². The summed E-state index contributed by atoms with van der Waals surface area (Å²) in [5.41, 5.74) is 7.18. The van der Waals surface area contributed by atoms with Crippen LogP contribution in [0.2, 0.25) is 10.0 Å². The number of phenolic OH excluding ortho intramolecular Hbond substituents is 1. The molecule has 0 aliphatic heterocycles. The monoisotopic (exact) mass is 450 g/mol. The van der Waals surface area contributed by atoms with Crippen molar-refractivity contribution in [2.45, 2.75) is 19.3 Å². The Kier molecular flexibility index (Phi) is 6.17. The predicted octanol–water partition coefficient (Wildman–Crippen LogP) is 7.09. The standard InChI is InChI=1S/C26H20Cl2O3/c27-19-8-12-22(24(28)15-19)23-3-1-2-18-14-16(5-13-25(30)31)4-11-21(18)26(23)17-6-9-20(29)10-7-17/h4-15,29H,1-3H2,(H,30,31)/b13-5+. The number of aromatic hydroxyl groups is 1. The van der Waals surface area contributed by atoms with Crippen LogP contribution >= 0.6 is 23.2 Å². The van der Waals surface area contributed by atoms with E-state index in [0.717, 1.165) is 64.3 Å². The number of carbonyl (C=O) groups is 1. The summed E-state index contributed by atoms with van der Waals surface area (Å²) >= 11 is 12.7. The van der Waals surface area contributed by atoms with E-state index in [0.29, 0.717) is 10.0 Å². The first-order chi connectivity index (χ1) is 14.9. The molecule has 31 heavy (non-hydrogen) atoms. The molecule has 1 aliphatic rings. The van der Waals surface area contributed by atoms with Gasteiger partial charge in [-0.1, -0.05) is 59.6 Å². The van der Waals surface area contributed by atoms with Crippen molar-refractivity contribution in [3.05, 3.63) is 105 Å². The van der Waals surface area contributed by atoms with Crippen LogP contribution in [-0.4, -0.2) is 16.2 Å². The Bertz CT molecular complexity index is 1210. The average Bonchev–Trinajstić information content (AvgIpc) is 2.92. The molecule has 0 saturated heterocycles. The van der Waals surface area contributed by atoms with Crippen LogP contribution in [0.25, 0.3) is 17.2 Å². The van der Waals surface area contributed by atoms with E-state index < -0.39 is 5.97 Å². The Hall–Kier alpha value is -3.01. The number of rotatable bonds is 4. The van der Waals surface area contributed by atoms with Crippen LogP contribution in [-0.2, 0) is 11.2 Å². The maximum Gasteiger partial charge on any atom is 0.328 e. The summed E-state index contributed by atoms with van der Waals surface area (Å²) in [5, 5.41) is 19.9. The molecule has 3 aromatic carbocycles. The number of aliphatic carboxylic acids is 1. The van der Waals surface area contributed by atoms with Gasteiger partial charge in [0, 0.05) is 16.1 Å². The van der Waals surface area contributed by atoms with E-state index in [1.807, 2.05) is 42.5 Å². The molecule has 1 aliphatic carbocycles. The molecule has 0 radical (unpaired) electrons. The van der Waals surface area contributed by atoms with Crippen LogP contribution in [0.15, 0.2) is 66.7 Å². The van der Waals surface area contributed by atoms with Crippen molar-refractivity contribution in [2.24, 2.45) is 0 Å². The van der Waals surface area contributed by atoms with Crippen molar-refractivity contribution < 1.29 is 15.0 Å². The molecule has 4 rings (SSSR count). The largest absolute Gasteiger partial charge is 0.508 e. The number of allylic oxidation sites excluding steroid dienone is 1. The highest BCUT2D eigenvalue weighted by Crippen LogP contribution is 2.42. The number of hydrogen-bond acceptors (Lipinski definition) is 2. The molecule has 0 bridgehead atoms. The summed E-state index contributed by atoms with van der Waals surface area (Å²) in [6, 6.07) is 18.7. The molecule has 3 aromatic rings. The summed E-state index contributed by atoms with van der Waals surface area (Å²) in [5.74, 6) is -0.766. The SMILES string of the molecule is O=C(O)/C=C/c1ccc2c(c1)CCCC(c1ccc(Cl)cc1Cl)=C2c1ccc(O)cc1. The number of fused-ring (bicyclic) bond motifs is 1. The Morgan fingerprint density at radius 1 is 0.903 bits per heavy atom. The third kappa shape index (κ3) is 4.68. The van der Waals surface area contributed by atoms with E-state index in [2.05, 4.69) is 0 Å². The van der Waals surface area contributed by atoms with Gasteiger partial charge in [0.2, 0.25) is 0 Å². The first-order valence-corrected chi connectivity index (χ1v) is 10.7. The molecule has 5 heteroatoms. The van der Waals surface area contributed by atoms with Gasteiger partial charge in [-0.3, -0.25) is 0 Å². The van der Waals surface area contributed by atoms with Gasteiger partial charge in [-0.25, -0.2) is 4.79 Å². The maximum atomic E-state index is 10.9. The smallest absolute Gasteiger partial charge is 0.328 e. The van der Waals surface area contributed by atoms with E-state index in [4.69, 9.17) is 28.3 Å². The predicted molar refractivity (Wildman–Crippen MR) is 127 cm³/mol. The average molecular weight is 451 g/mol. The summed E-state index contributed by atoms with van der Waals surface area (Å²) in [7, 11) is 0. The van der Waals surface area contributed by atoms with Gasteiger partial charge in [0.1, 0.15) is 5.75 Å². The first-order valence-electron chi connectivity index (χ1n) is 9.94. The van der Waals surface area contributed by atoms with Crippen molar-refractivity contribution in [1.29, 1.82) is 0 Å². The minimum atomic E-state index is -0.973. The van der Waals surface area contributed by atoms with Crippen molar-refractivity contribution in [3.8, 4) is 5.75 Å². The number of halogens is 2. The second-order valence-electron chi connectivity index (χ2n) is 7.47.